The Bertz CT molecular complexity index is 443. The Hall–Kier alpha value is -1.59. The number of hydrogen-bond donors (Lipinski definition) is 1. The predicted octanol–water partition coefficient (Wildman–Crippen LogP) is 4.05. The lowest BCUT2D eigenvalue weighted by Gasteiger charge is -2.15. The SMILES string of the molecule is CCCCC(CC)CNC(=O)c1ccc(C(F)(F)F)nc1. The largest absolute Gasteiger partial charge is 0.433 e. The van der Waals surface area contributed by atoms with Crippen LogP contribution in [0.5, 0.6) is 0 Å². The van der Waals surface area contributed by atoms with Crippen LogP contribution in [0, 0.1) is 5.92 Å². The van der Waals surface area contributed by atoms with Crippen molar-refractivity contribution in [3.8, 4) is 0 Å². The molecule has 0 saturated heterocycles. The molecule has 0 bridgehead atoms. The van der Waals surface area contributed by atoms with Crippen LogP contribution in [0.25, 0.3) is 0 Å². The highest BCUT2D eigenvalue weighted by Crippen LogP contribution is 2.27. The topological polar surface area (TPSA) is 42.0 Å². The number of halogens is 3. The molecule has 21 heavy (non-hydrogen) atoms. The number of unbranched alkanes of at least 4 members (excludes halogenated alkanes) is 1. The van der Waals surface area contributed by atoms with Crippen LogP contribution in [-0.4, -0.2) is 17.4 Å². The van der Waals surface area contributed by atoms with Crippen LogP contribution in [0.3, 0.4) is 0 Å². The van der Waals surface area contributed by atoms with E-state index >= 15 is 0 Å². The molecule has 0 spiro atoms. The Kier molecular flexibility index (Phi) is 6.65. The van der Waals surface area contributed by atoms with Crippen LogP contribution in [0.4, 0.5) is 13.2 Å². The number of alkyl halides is 3. The summed E-state index contributed by atoms with van der Waals surface area (Å²) in [5.74, 6) is 0.0162. The smallest absolute Gasteiger partial charge is 0.352 e. The van der Waals surface area contributed by atoms with Crippen LogP contribution in [0.2, 0.25) is 0 Å². The molecular formula is C15H21F3N2O. The van der Waals surface area contributed by atoms with Crippen molar-refractivity contribution in [1.82, 2.24) is 10.3 Å². The average Bonchev–Trinajstić information content (AvgIpc) is 2.46. The Labute approximate surface area is 123 Å². The summed E-state index contributed by atoms with van der Waals surface area (Å²) in [5, 5.41) is 2.76. The molecule has 0 saturated carbocycles. The quantitative estimate of drug-likeness (QED) is 0.825. The highest BCUT2D eigenvalue weighted by atomic mass is 19.4. The monoisotopic (exact) mass is 302 g/mol. The van der Waals surface area contributed by atoms with E-state index < -0.39 is 11.9 Å². The molecule has 0 fully saturated rings. The van der Waals surface area contributed by atoms with Gasteiger partial charge in [-0.3, -0.25) is 9.78 Å². The second kappa shape index (κ2) is 8.00. The standard InChI is InChI=1S/C15H21F3N2O/c1-3-5-6-11(4-2)9-20-14(21)12-7-8-13(19-10-12)15(16,17)18/h7-8,10-11H,3-6,9H2,1-2H3,(H,20,21). The minimum atomic E-state index is -4.48. The lowest BCUT2D eigenvalue weighted by molar-refractivity contribution is -0.141. The first kappa shape index (κ1) is 17.5. The first-order valence-electron chi connectivity index (χ1n) is 7.19. The van der Waals surface area contributed by atoms with E-state index in [1.54, 1.807) is 0 Å². The van der Waals surface area contributed by atoms with Gasteiger partial charge in [0.15, 0.2) is 0 Å². The summed E-state index contributed by atoms with van der Waals surface area (Å²) in [7, 11) is 0. The number of carbonyl (C=O) groups is 1. The number of pyridine rings is 1. The Morgan fingerprint density at radius 2 is 2.05 bits per heavy atom. The molecule has 1 heterocycles. The van der Waals surface area contributed by atoms with E-state index in [-0.39, 0.29) is 11.5 Å². The van der Waals surface area contributed by atoms with Crippen LogP contribution < -0.4 is 5.32 Å². The maximum absolute atomic E-state index is 12.4. The molecule has 1 aromatic rings. The van der Waals surface area contributed by atoms with E-state index in [1.165, 1.54) is 0 Å². The van der Waals surface area contributed by atoms with Crippen LogP contribution in [0.15, 0.2) is 18.3 Å². The Morgan fingerprint density at radius 3 is 2.52 bits per heavy atom. The van der Waals surface area contributed by atoms with E-state index in [2.05, 4.69) is 24.1 Å². The molecule has 6 heteroatoms. The van der Waals surface area contributed by atoms with Gasteiger partial charge in [-0.1, -0.05) is 33.1 Å². The number of amides is 1. The van der Waals surface area contributed by atoms with E-state index in [1.807, 2.05) is 0 Å². The first-order chi connectivity index (χ1) is 9.88. The van der Waals surface area contributed by atoms with Crippen molar-refractivity contribution in [1.29, 1.82) is 0 Å². The fourth-order valence-electron chi connectivity index (χ4n) is 1.98. The van der Waals surface area contributed by atoms with Crippen molar-refractivity contribution in [3.63, 3.8) is 0 Å². The van der Waals surface area contributed by atoms with Gasteiger partial charge < -0.3 is 5.32 Å². The van der Waals surface area contributed by atoms with E-state index in [0.717, 1.165) is 44.0 Å². The molecule has 3 nitrogen and oxygen atoms in total. The second-order valence-corrected chi connectivity index (χ2v) is 5.06. The molecule has 1 unspecified atom stereocenters. The molecule has 0 aliphatic rings. The third-order valence-electron chi connectivity index (χ3n) is 3.41. The third-order valence-corrected chi connectivity index (χ3v) is 3.41. The number of nitrogens with zero attached hydrogens (tertiary/aromatic N) is 1. The van der Waals surface area contributed by atoms with Gasteiger partial charge in [0.25, 0.3) is 5.91 Å². The number of rotatable bonds is 7. The van der Waals surface area contributed by atoms with Crippen molar-refractivity contribution in [2.45, 2.75) is 45.7 Å². The van der Waals surface area contributed by atoms with Gasteiger partial charge in [0.2, 0.25) is 0 Å². The summed E-state index contributed by atoms with van der Waals surface area (Å²) in [5.41, 5.74) is -0.846. The molecule has 0 aliphatic carbocycles. The van der Waals surface area contributed by atoms with Gasteiger partial charge in [0, 0.05) is 12.7 Å². The second-order valence-electron chi connectivity index (χ2n) is 5.06. The van der Waals surface area contributed by atoms with Gasteiger partial charge in [0.1, 0.15) is 5.69 Å². The number of hydrogen-bond acceptors (Lipinski definition) is 2. The zero-order valence-electron chi connectivity index (χ0n) is 12.3. The van der Waals surface area contributed by atoms with Crippen molar-refractivity contribution >= 4 is 5.91 Å². The Balaban J connectivity index is 2.55. The predicted molar refractivity (Wildman–Crippen MR) is 74.9 cm³/mol. The summed E-state index contributed by atoms with van der Waals surface area (Å²) in [6.45, 7) is 4.71. The fourth-order valence-corrected chi connectivity index (χ4v) is 1.98. The summed E-state index contributed by atoms with van der Waals surface area (Å²) in [6, 6.07) is 1.97. The highest BCUT2D eigenvalue weighted by molar-refractivity contribution is 5.93. The highest BCUT2D eigenvalue weighted by Gasteiger charge is 2.32. The minimum absolute atomic E-state index is 0.147. The van der Waals surface area contributed by atoms with E-state index in [4.69, 9.17) is 0 Å². The van der Waals surface area contributed by atoms with E-state index in [9.17, 15) is 18.0 Å². The van der Waals surface area contributed by atoms with Crippen LogP contribution >= 0.6 is 0 Å². The van der Waals surface area contributed by atoms with Gasteiger partial charge in [-0.2, -0.15) is 13.2 Å². The lowest BCUT2D eigenvalue weighted by Crippen LogP contribution is -2.29. The number of nitrogens with one attached hydrogen (secondary N) is 1. The van der Waals surface area contributed by atoms with Gasteiger partial charge in [-0.25, -0.2) is 0 Å². The zero-order valence-corrected chi connectivity index (χ0v) is 12.3. The third kappa shape index (κ3) is 5.73. The minimum Gasteiger partial charge on any atom is -0.352 e. The van der Waals surface area contributed by atoms with Crippen molar-refractivity contribution < 1.29 is 18.0 Å². The van der Waals surface area contributed by atoms with Gasteiger partial charge in [0.05, 0.1) is 5.56 Å². The summed E-state index contributed by atoms with van der Waals surface area (Å²) in [6.07, 6.45) is 0.696. The fraction of sp³-hybridized carbons (Fsp3) is 0.600. The molecule has 1 atom stereocenters. The maximum Gasteiger partial charge on any atom is 0.433 e. The molecule has 1 amide bonds. The average molecular weight is 302 g/mol. The number of aromatic nitrogens is 1. The van der Waals surface area contributed by atoms with Gasteiger partial charge >= 0.3 is 6.18 Å². The first-order valence-corrected chi connectivity index (χ1v) is 7.19. The lowest BCUT2D eigenvalue weighted by atomic mass is 9.99. The molecule has 0 radical (unpaired) electrons. The molecule has 1 N–H and O–H groups in total. The summed E-state index contributed by atoms with van der Waals surface area (Å²) < 4.78 is 37.1. The molecular weight excluding hydrogens is 281 g/mol. The molecule has 0 aliphatic heterocycles. The van der Waals surface area contributed by atoms with Gasteiger partial charge in [-0.15, -0.1) is 0 Å². The molecule has 0 aromatic carbocycles. The zero-order chi connectivity index (χ0) is 15.9. The summed E-state index contributed by atoms with van der Waals surface area (Å²) in [4.78, 5) is 15.1. The molecule has 118 valence electrons. The molecule has 1 aromatic heterocycles. The maximum atomic E-state index is 12.4. The van der Waals surface area contributed by atoms with Crippen molar-refractivity contribution in [2.75, 3.05) is 6.54 Å². The number of carbonyl (C=O) groups excluding carboxylic acids is 1. The van der Waals surface area contributed by atoms with Crippen molar-refractivity contribution in [2.24, 2.45) is 5.92 Å². The van der Waals surface area contributed by atoms with E-state index in [0.29, 0.717) is 12.5 Å². The van der Waals surface area contributed by atoms with Crippen LogP contribution in [-0.2, 0) is 6.18 Å². The van der Waals surface area contributed by atoms with Crippen molar-refractivity contribution in [3.05, 3.63) is 29.6 Å². The van der Waals surface area contributed by atoms with Gasteiger partial charge in [-0.05, 0) is 24.5 Å². The Morgan fingerprint density at radius 1 is 1.33 bits per heavy atom. The normalized spacial score (nSPS) is 13.0. The summed E-state index contributed by atoms with van der Waals surface area (Å²) >= 11 is 0. The molecule has 1 rings (SSSR count). The van der Waals surface area contributed by atoms with Crippen LogP contribution in [0.1, 0.15) is 55.6 Å².